The van der Waals surface area contributed by atoms with Crippen molar-refractivity contribution in [2.75, 3.05) is 26.2 Å². The van der Waals surface area contributed by atoms with E-state index in [1.165, 1.54) is 12.8 Å². The molecular formula is C17H26N4O2. The Labute approximate surface area is 136 Å². The molecule has 2 aliphatic heterocycles. The molecule has 3 N–H and O–H groups in total. The van der Waals surface area contributed by atoms with Crippen molar-refractivity contribution in [1.82, 2.24) is 20.2 Å². The molecule has 1 aromatic rings. The number of piperidine rings is 1. The summed E-state index contributed by atoms with van der Waals surface area (Å²) in [6.45, 7) is 3.81. The van der Waals surface area contributed by atoms with E-state index in [9.17, 15) is 9.90 Å². The van der Waals surface area contributed by atoms with Gasteiger partial charge in [-0.15, -0.1) is 0 Å². The lowest BCUT2D eigenvalue weighted by atomic mass is 9.92. The van der Waals surface area contributed by atoms with E-state index in [1.54, 1.807) is 0 Å². The zero-order chi connectivity index (χ0) is 15.9. The number of nitrogens with zero attached hydrogens (tertiary/aromatic N) is 2. The maximum absolute atomic E-state index is 12.3. The van der Waals surface area contributed by atoms with Crippen molar-refractivity contribution in [2.45, 2.75) is 50.7 Å². The number of rotatable bonds is 4. The van der Waals surface area contributed by atoms with Crippen molar-refractivity contribution < 1.29 is 5.11 Å². The number of aromatic nitrogens is 2. The van der Waals surface area contributed by atoms with E-state index >= 15 is 0 Å². The second-order valence-electron chi connectivity index (χ2n) is 7.55. The third kappa shape index (κ3) is 3.49. The van der Waals surface area contributed by atoms with Gasteiger partial charge in [0.25, 0.3) is 5.56 Å². The molecule has 1 saturated heterocycles. The van der Waals surface area contributed by atoms with E-state index in [-0.39, 0.29) is 5.56 Å². The second-order valence-corrected chi connectivity index (χ2v) is 7.55. The van der Waals surface area contributed by atoms with Gasteiger partial charge in [-0.2, -0.15) is 0 Å². The molecule has 0 amide bonds. The summed E-state index contributed by atoms with van der Waals surface area (Å²) in [5, 5.41) is 14.0. The van der Waals surface area contributed by atoms with Gasteiger partial charge in [-0.1, -0.05) is 0 Å². The number of aromatic amines is 1. The van der Waals surface area contributed by atoms with Crippen LogP contribution in [0.5, 0.6) is 0 Å². The van der Waals surface area contributed by atoms with Crippen molar-refractivity contribution in [3.8, 4) is 0 Å². The molecule has 3 heterocycles. The molecular weight excluding hydrogens is 292 g/mol. The van der Waals surface area contributed by atoms with Crippen LogP contribution < -0.4 is 10.9 Å². The Kier molecular flexibility index (Phi) is 3.99. The van der Waals surface area contributed by atoms with Crippen molar-refractivity contribution in [1.29, 1.82) is 0 Å². The average molecular weight is 318 g/mol. The van der Waals surface area contributed by atoms with Crippen LogP contribution >= 0.6 is 0 Å². The molecule has 23 heavy (non-hydrogen) atoms. The smallest absolute Gasteiger partial charge is 0.254 e. The first-order chi connectivity index (χ1) is 11.1. The summed E-state index contributed by atoms with van der Waals surface area (Å²) in [6, 6.07) is 0. The number of aliphatic hydroxyl groups is 1. The summed E-state index contributed by atoms with van der Waals surface area (Å²) in [6.07, 6.45) is 6.00. The van der Waals surface area contributed by atoms with Gasteiger partial charge in [0, 0.05) is 38.2 Å². The predicted molar refractivity (Wildman–Crippen MR) is 87.3 cm³/mol. The van der Waals surface area contributed by atoms with Gasteiger partial charge >= 0.3 is 0 Å². The molecule has 1 aromatic heterocycles. The molecule has 126 valence electrons. The summed E-state index contributed by atoms with van der Waals surface area (Å²) in [4.78, 5) is 22.2. The van der Waals surface area contributed by atoms with Crippen LogP contribution in [-0.2, 0) is 19.4 Å². The highest BCUT2D eigenvalue weighted by atomic mass is 16.3. The lowest BCUT2D eigenvalue weighted by Gasteiger charge is -2.38. The van der Waals surface area contributed by atoms with E-state index in [1.807, 2.05) is 0 Å². The maximum Gasteiger partial charge on any atom is 0.254 e. The van der Waals surface area contributed by atoms with Gasteiger partial charge in [-0.25, -0.2) is 4.98 Å². The van der Waals surface area contributed by atoms with Crippen LogP contribution in [0.25, 0.3) is 0 Å². The number of nitrogens with one attached hydrogen (secondary N) is 2. The Morgan fingerprint density at radius 1 is 1.39 bits per heavy atom. The predicted octanol–water partition coefficient (Wildman–Crippen LogP) is 0.195. The van der Waals surface area contributed by atoms with Gasteiger partial charge in [-0.05, 0) is 44.6 Å². The van der Waals surface area contributed by atoms with Crippen LogP contribution in [0.15, 0.2) is 4.79 Å². The summed E-state index contributed by atoms with van der Waals surface area (Å²) in [7, 11) is 0. The van der Waals surface area contributed by atoms with E-state index < -0.39 is 5.60 Å². The zero-order valence-corrected chi connectivity index (χ0v) is 13.6. The van der Waals surface area contributed by atoms with E-state index in [4.69, 9.17) is 4.98 Å². The van der Waals surface area contributed by atoms with Crippen LogP contribution in [0.4, 0.5) is 0 Å². The van der Waals surface area contributed by atoms with Crippen LogP contribution in [0.2, 0.25) is 0 Å². The zero-order valence-electron chi connectivity index (χ0n) is 13.6. The molecule has 3 aliphatic rings. The van der Waals surface area contributed by atoms with Crippen LogP contribution in [0.1, 0.15) is 42.8 Å². The largest absolute Gasteiger partial charge is 0.387 e. The highest BCUT2D eigenvalue weighted by Gasteiger charge is 2.33. The van der Waals surface area contributed by atoms with Gasteiger partial charge in [0.05, 0.1) is 11.3 Å². The highest BCUT2D eigenvalue weighted by molar-refractivity contribution is 5.21. The van der Waals surface area contributed by atoms with E-state index in [0.29, 0.717) is 25.6 Å². The molecule has 0 bridgehead atoms. The quantitative estimate of drug-likeness (QED) is 0.739. The first kappa shape index (κ1) is 15.3. The fraction of sp³-hybridized carbons (Fsp3) is 0.765. The minimum Gasteiger partial charge on any atom is -0.387 e. The lowest BCUT2D eigenvalue weighted by Crippen LogP contribution is -2.53. The molecule has 0 radical (unpaired) electrons. The first-order valence-electron chi connectivity index (χ1n) is 8.88. The monoisotopic (exact) mass is 318 g/mol. The van der Waals surface area contributed by atoms with Gasteiger partial charge in [0.1, 0.15) is 5.82 Å². The molecule has 0 spiro atoms. The van der Waals surface area contributed by atoms with Crippen LogP contribution in [0.3, 0.4) is 0 Å². The Hall–Kier alpha value is -1.24. The summed E-state index contributed by atoms with van der Waals surface area (Å²) >= 11 is 0. The minimum atomic E-state index is -0.645. The van der Waals surface area contributed by atoms with Crippen molar-refractivity contribution in [2.24, 2.45) is 5.92 Å². The fourth-order valence-electron chi connectivity index (χ4n) is 3.88. The second kappa shape index (κ2) is 6.00. The van der Waals surface area contributed by atoms with E-state index in [2.05, 4.69) is 15.2 Å². The minimum absolute atomic E-state index is 0.0448. The fourth-order valence-corrected chi connectivity index (χ4v) is 3.88. The third-order valence-electron chi connectivity index (χ3n) is 5.35. The molecule has 1 aliphatic carbocycles. The Balaban J connectivity index is 1.48. The summed E-state index contributed by atoms with van der Waals surface area (Å²) in [5.74, 6) is 1.56. The topological polar surface area (TPSA) is 81.2 Å². The molecule has 1 atom stereocenters. The van der Waals surface area contributed by atoms with Gasteiger partial charge in [-0.3, -0.25) is 9.69 Å². The summed E-state index contributed by atoms with van der Waals surface area (Å²) in [5.41, 5.74) is 1.16. The van der Waals surface area contributed by atoms with Crippen molar-refractivity contribution >= 4 is 0 Å². The van der Waals surface area contributed by atoms with Gasteiger partial charge < -0.3 is 15.4 Å². The van der Waals surface area contributed by atoms with Crippen LogP contribution in [-0.4, -0.2) is 51.8 Å². The maximum atomic E-state index is 12.3. The molecule has 1 saturated carbocycles. The average Bonchev–Trinajstić information content (AvgIpc) is 3.31. The standard InChI is InChI=1S/C17H26N4O2/c22-16-13-4-7-21(11-17(23)5-1-6-18-10-17)9-14(13)19-15(20-16)8-12-2-3-12/h12,18,23H,1-11H2,(H,19,20,22). The molecule has 4 rings (SSSR count). The molecule has 6 heteroatoms. The summed E-state index contributed by atoms with van der Waals surface area (Å²) < 4.78 is 0. The number of H-pyrrole nitrogens is 1. The Morgan fingerprint density at radius 2 is 2.26 bits per heavy atom. The first-order valence-corrected chi connectivity index (χ1v) is 8.88. The van der Waals surface area contributed by atoms with E-state index in [0.717, 1.165) is 55.9 Å². The Morgan fingerprint density at radius 3 is 3.00 bits per heavy atom. The number of fused-ring (bicyclic) bond motifs is 1. The Bertz CT molecular complexity index is 632. The van der Waals surface area contributed by atoms with Crippen molar-refractivity contribution in [3.63, 3.8) is 0 Å². The number of hydrogen-bond acceptors (Lipinski definition) is 5. The van der Waals surface area contributed by atoms with Gasteiger partial charge in [0.2, 0.25) is 0 Å². The molecule has 2 fully saturated rings. The number of hydrogen-bond donors (Lipinski definition) is 3. The molecule has 1 unspecified atom stereocenters. The number of β-amino-alcohol motifs (C(OH)–C–C–N with tert-alkyl or cyclic N) is 1. The third-order valence-corrected chi connectivity index (χ3v) is 5.35. The molecule has 0 aromatic carbocycles. The highest BCUT2D eigenvalue weighted by Crippen LogP contribution is 2.31. The normalized spacial score (nSPS) is 28.6. The van der Waals surface area contributed by atoms with Crippen LogP contribution in [0, 0.1) is 5.92 Å². The van der Waals surface area contributed by atoms with Crippen molar-refractivity contribution in [3.05, 3.63) is 27.4 Å². The molecule has 6 nitrogen and oxygen atoms in total. The SMILES string of the molecule is O=c1[nH]c(CC2CC2)nc2c1CCN(CC1(O)CCCNC1)C2. The van der Waals surface area contributed by atoms with Gasteiger partial charge in [0.15, 0.2) is 0 Å². The lowest BCUT2D eigenvalue weighted by molar-refractivity contribution is -0.0189.